The molecule has 0 aliphatic heterocycles. The van der Waals surface area contributed by atoms with Crippen LogP contribution >= 0.6 is 0 Å². The van der Waals surface area contributed by atoms with Gasteiger partial charge < -0.3 is 24.7 Å². The Morgan fingerprint density at radius 2 is 1.44 bits per heavy atom. The van der Waals surface area contributed by atoms with E-state index < -0.39 is 35.7 Å². The van der Waals surface area contributed by atoms with E-state index in [2.05, 4.69) is 14.8 Å². The molecule has 1 aromatic carbocycles. The Morgan fingerprint density at radius 1 is 0.926 bits per heavy atom. The molecule has 0 heterocycles. The van der Waals surface area contributed by atoms with Gasteiger partial charge in [-0.3, -0.25) is 4.79 Å². The van der Waals surface area contributed by atoms with Gasteiger partial charge in [0.1, 0.15) is 0 Å². The van der Waals surface area contributed by atoms with Gasteiger partial charge in [0, 0.05) is 17.6 Å². The SMILES string of the molecule is COC(=O)c1cc(NC(=O)[C@H]2[C@@H](C(=O)[O-])[C@H]3C=C[C@@H]2C3)cc(C(=O)OC)c1. The average Bonchev–Trinajstić information content (AvgIpc) is 3.27. The Labute approximate surface area is 155 Å². The fourth-order valence-electron chi connectivity index (χ4n) is 3.90. The number of amides is 1. The summed E-state index contributed by atoms with van der Waals surface area (Å²) in [6, 6.07) is 4.00. The van der Waals surface area contributed by atoms with Crippen molar-refractivity contribution in [3.63, 3.8) is 0 Å². The first-order valence-electron chi connectivity index (χ1n) is 8.37. The molecule has 0 saturated heterocycles. The maximum atomic E-state index is 12.8. The van der Waals surface area contributed by atoms with E-state index in [0.717, 1.165) is 0 Å². The fourth-order valence-corrected chi connectivity index (χ4v) is 3.90. The summed E-state index contributed by atoms with van der Waals surface area (Å²) in [7, 11) is 2.38. The molecule has 27 heavy (non-hydrogen) atoms. The molecule has 1 aromatic rings. The number of rotatable bonds is 5. The summed E-state index contributed by atoms with van der Waals surface area (Å²) in [5.41, 5.74) is 0.284. The van der Waals surface area contributed by atoms with Crippen molar-refractivity contribution in [2.75, 3.05) is 19.5 Å². The molecule has 0 unspecified atom stereocenters. The van der Waals surface area contributed by atoms with Crippen molar-refractivity contribution in [1.82, 2.24) is 0 Å². The Balaban J connectivity index is 1.89. The number of carboxylic acid groups (broad SMARTS) is 1. The molecule has 8 nitrogen and oxygen atoms in total. The van der Waals surface area contributed by atoms with Crippen LogP contribution in [0.4, 0.5) is 5.69 Å². The minimum absolute atomic E-state index is 0.0555. The maximum Gasteiger partial charge on any atom is 0.337 e. The van der Waals surface area contributed by atoms with Crippen LogP contribution in [-0.2, 0) is 19.1 Å². The monoisotopic (exact) mass is 372 g/mol. The lowest BCUT2D eigenvalue weighted by Crippen LogP contribution is -2.42. The van der Waals surface area contributed by atoms with Gasteiger partial charge in [-0.15, -0.1) is 0 Å². The summed E-state index contributed by atoms with van der Waals surface area (Å²) < 4.78 is 9.31. The normalized spacial score (nSPS) is 25.1. The zero-order valence-corrected chi connectivity index (χ0v) is 14.8. The van der Waals surface area contributed by atoms with Crippen LogP contribution in [0.5, 0.6) is 0 Å². The molecule has 1 amide bonds. The van der Waals surface area contributed by atoms with Gasteiger partial charge in [-0.05, 0) is 36.5 Å². The number of aliphatic carboxylic acids is 1. The Hall–Kier alpha value is -3.16. The number of hydrogen-bond donors (Lipinski definition) is 1. The molecule has 8 heteroatoms. The first-order valence-corrected chi connectivity index (χ1v) is 8.37. The van der Waals surface area contributed by atoms with E-state index >= 15 is 0 Å². The second-order valence-corrected chi connectivity index (χ2v) is 6.59. The van der Waals surface area contributed by atoms with Gasteiger partial charge in [0.15, 0.2) is 0 Å². The summed E-state index contributed by atoms with van der Waals surface area (Å²) >= 11 is 0. The van der Waals surface area contributed by atoms with E-state index in [-0.39, 0.29) is 28.7 Å². The van der Waals surface area contributed by atoms with Gasteiger partial charge in [-0.25, -0.2) is 9.59 Å². The molecule has 3 rings (SSSR count). The lowest BCUT2D eigenvalue weighted by molar-refractivity contribution is -0.313. The predicted octanol–water partition coefficient (Wildman–Crippen LogP) is 0.386. The zero-order chi connectivity index (χ0) is 19.7. The molecular weight excluding hydrogens is 354 g/mol. The lowest BCUT2D eigenvalue weighted by atomic mass is 9.82. The third-order valence-electron chi connectivity index (χ3n) is 5.08. The lowest BCUT2D eigenvalue weighted by Gasteiger charge is -2.27. The van der Waals surface area contributed by atoms with Crippen LogP contribution in [0, 0.1) is 23.7 Å². The highest BCUT2D eigenvalue weighted by Crippen LogP contribution is 2.48. The number of hydrogen-bond acceptors (Lipinski definition) is 7. The molecule has 2 aliphatic rings. The summed E-state index contributed by atoms with van der Waals surface area (Å²) in [5.74, 6) is -5.20. The maximum absolute atomic E-state index is 12.8. The van der Waals surface area contributed by atoms with E-state index in [1.807, 2.05) is 12.2 Å². The number of carbonyl (C=O) groups is 4. The number of esters is 2. The van der Waals surface area contributed by atoms with Crippen molar-refractivity contribution in [1.29, 1.82) is 0 Å². The third kappa shape index (κ3) is 3.42. The van der Waals surface area contributed by atoms with Gasteiger partial charge in [-0.2, -0.15) is 0 Å². The number of allylic oxidation sites excluding steroid dienone is 2. The van der Waals surface area contributed by atoms with E-state index in [9.17, 15) is 24.3 Å². The molecule has 1 fully saturated rings. The first kappa shape index (κ1) is 18.6. The number of fused-ring (bicyclic) bond motifs is 2. The fraction of sp³-hybridized carbons (Fsp3) is 0.368. The minimum atomic E-state index is -1.26. The quantitative estimate of drug-likeness (QED) is 0.586. The molecule has 1 N–H and O–H groups in total. The number of ether oxygens (including phenoxy) is 2. The third-order valence-corrected chi connectivity index (χ3v) is 5.08. The number of nitrogens with one attached hydrogen (secondary N) is 1. The molecular formula is C19H18NO7-. The summed E-state index contributed by atoms with van der Waals surface area (Å²) in [5, 5.41) is 14.1. The van der Waals surface area contributed by atoms with Gasteiger partial charge in [0.05, 0.1) is 31.3 Å². The summed E-state index contributed by atoms with van der Waals surface area (Å²) in [4.78, 5) is 47.9. The molecule has 142 valence electrons. The number of benzene rings is 1. The van der Waals surface area contributed by atoms with E-state index in [4.69, 9.17) is 0 Å². The molecule has 2 aliphatic carbocycles. The van der Waals surface area contributed by atoms with Crippen molar-refractivity contribution in [3.8, 4) is 0 Å². The molecule has 0 aromatic heterocycles. The van der Waals surface area contributed by atoms with Crippen LogP contribution in [0.1, 0.15) is 27.1 Å². The van der Waals surface area contributed by atoms with Gasteiger partial charge in [0.2, 0.25) is 5.91 Å². The van der Waals surface area contributed by atoms with Crippen molar-refractivity contribution in [3.05, 3.63) is 41.5 Å². The predicted molar refractivity (Wildman–Crippen MR) is 90.5 cm³/mol. The smallest absolute Gasteiger partial charge is 0.337 e. The van der Waals surface area contributed by atoms with Gasteiger partial charge >= 0.3 is 11.9 Å². The van der Waals surface area contributed by atoms with Crippen LogP contribution in [-0.4, -0.2) is 38.0 Å². The second kappa shape index (κ2) is 7.22. The van der Waals surface area contributed by atoms with Crippen molar-refractivity contribution < 1.29 is 33.8 Å². The molecule has 4 atom stereocenters. The zero-order valence-electron chi connectivity index (χ0n) is 14.8. The standard InChI is InChI=1S/C19H19NO7/c1-26-18(24)11-6-12(19(25)27-2)8-13(7-11)20-16(21)14-9-3-4-10(5-9)15(14)17(22)23/h3-4,6-10,14-15H,5H2,1-2H3,(H,20,21)(H,22,23)/p-1/t9-,10+,14-,15+/m1/s1. The van der Waals surface area contributed by atoms with Crippen LogP contribution in [0.25, 0.3) is 0 Å². The highest BCUT2D eigenvalue weighted by Gasteiger charge is 2.48. The van der Waals surface area contributed by atoms with Crippen LogP contribution < -0.4 is 10.4 Å². The molecule has 0 radical (unpaired) electrons. The van der Waals surface area contributed by atoms with Crippen LogP contribution in [0.3, 0.4) is 0 Å². The Morgan fingerprint density at radius 3 is 1.93 bits per heavy atom. The van der Waals surface area contributed by atoms with E-state index in [1.165, 1.54) is 32.4 Å². The minimum Gasteiger partial charge on any atom is -0.550 e. The first-order chi connectivity index (χ1) is 12.8. The van der Waals surface area contributed by atoms with Gasteiger partial charge in [-0.1, -0.05) is 12.2 Å². The summed E-state index contributed by atoms with van der Waals surface area (Å²) in [6.07, 6.45) is 4.24. The average molecular weight is 372 g/mol. The van der Waals surface area contributed by atoms with Crippen molar-refractivity contribution >= 4 is 29.5 Å². The molecule has 2 bridgehead atoms. The van der Waals surface area contributed by atoms with E-state index in [0.29, 0.717) is 6.42 Å². The number of carboxylic acids is 1. The molecule has 1 saturated carbocycles. The topological polar surface area (TPSA) is 122 Å². The number of carbonyl (C=O) groups excluding carboxylic acids is 4. The largest absolute Gasteiger partial charge is 0.550 e. The van der Waals surface area contributed by atoms with Crippen molar-refractivity contribution in [2.24, 2.45) is 23.7 Å². The number of anilines is 1. The van der Waals surface area contributed by atoms with E-state index in [1.54, 1.807) is 0 Å². The van der Waals surface area contributed by atoms with Crippen LogP contribution in [0.15, 0.2) is 30.4 Å². The summed E-state index contributed by atoms with van der Waals surface area (Å²) in [6.45, 7) is 0. The van der Waals surface area contributed by atoms with Crippen LogP contribution in [0.2, 0.25) is 0 Å². The van der Waals surface area contributed by atoms with Gasteiger partial charge in [0.25, 0.3) is 0 Å². The van der Waals surface area contributed by atoms with Crippen molar-refractivity contribution in [2.45, 2.75) is 6.42 Å². The molecule has 0 spiro atoms. The highest BCUT2D eigenvalue weighted by atomic mass is 16.5. The number of methoxy groups -OCH3 is 2. The second-order valence-electron chi connectivity index (χ2n) is 6.59. The Bertz CT molecular complexity index is 810. The highest BCUT2D eigenvalue weighted by molar-refractivity contribution is 6.01. The Kier molecular flexibility index (Phi) is 4.98.